The highest BCUT2D eigenvalue weighted by molar-refractivity contribution is 5.95. The summed E-state index contributed by atoms with van der Waals surface area (Å²) >= 11 is 0. The molecule has 0 N–H and O–H groups in total. The van der Waals surface area contributed by atoms with Crippen LogP contribution >= 0.6 is 0 Å². The minimum atomic E-state index is 0.0818. The first-order valence-corrected chi connectivity index (χ1v) is 9.79. The van der Waals surface area contributed by atoms with Crippen LogP contribution in [0.1, 0.15) is 55.9 Å². The number of benzene rings is 1. The van der Waals surface area contributed by atoms with E-state index in [0.29, 0.717) is 30.3 Å². The molecule has 2 atom stereocenters. The number of piperidine rings is 1. The minimum Gasteiger partial charge on any atom is -0.490 e. The van der Waals surface area contributed by atoms with Crippen LogP contribution in [0.15, 0.2) is 30.6 Å². The summed E-state index contributed by atoms with van der Waals surface area (Å²) in [6.07, 6.45) is 7.34. The van der Waals surface area contributed by atoms with Crippen molar-refractivity contribution >= 4 is 5.91 Å². The summed E-state index contributed by atoms with van der Waals surface area (Å²) in [6.45, 7) is 4.96. The van der Waals surface area contributed by atoms with Gasteiger partial charge in [0.25, 0.3) is 5.91 Å². The number of aromatic nitrogens is 3. The van der Waals surface area contributed by atoms with Crippen LogP contribution in [0.3, 0.4) is 0 Å². The number of carbonyl (C=O) groups excluding carboxylic acids is 1. The molecule has 0 saturated carbocycles. The summed E-state index contributed by atoms with van der Waals surface area (Å²) < 4.78 is 11.3. The van der Waals surface area contributed by atoms with Gasteiger partial charge >= 0.3 is 0 Å². The van der Waals surface area contributed by atoms with E-state index in [0.717, 1.165) is 25.7 Å². The van der Waals surface area contributed by atoms with Gasteiger partial charge in [0.05, 0.1) is 31.6 Å². The fourth-order valence-electron chi connectivity index (χ4n) is 4.42. The van der Waals surface area contributed by atoms with E-state index in [4.69, 9.17) is 9.47 Å². The quantitative estimate of drug-likeness (QED) is 0.782. The highest BCUT2D eigenvalue weighted by Crippen LogP contribution is 2.41. The van der Waals surface area contributed by atoms with Crippen molar-refractivity contribution in [1.29, 1.82) is 0 Å². The second-order valence-corrected chi connectivity index (χ2v) is 7.10. The molecule has 0 spiro atoms. The van der Waals surface area contributed by atoms with Gasteiger partial charge in [-0.25, -0.2) is 0 Å². The highest BCUT2D eigenvalue weighted by Gasteiger charge is 2.44. The van der Waals surface area contributed by atoms with Crippen LogP contribution in [0.25, 0.3) is 0 Å². The van der Waals surface area contributed by atoms with E-state index in [9.17, 15) is 4.79 Å². The smallest absolute Gasteiger partial charge is 0.254 e. The minimum absolute atomic E-state index is 0.0818. The number of hydrogen-bond acceptors (Lipinski definition) is 5. The third-order valence-electron chi connectivity index (χ3n) is 5.50. The molecule has 3 heterocycles. The van der Waals surface area contributed by atoms with E-state index >= 15 is 0 Å². The SMILES string of the molecule is CCOc1ccc(C(=O)N2C3CCC2CC(n2nccn2)C3)cc1OCC. The van der Waals surface area contributed by atoms with Gasteiger partial charge in [-0.3, -0.25) is 4.79 Å². The molecule has 2 aromatic rings. The van der Waals surface area contributed by atoms with E-state index in [1.807, 2.05) is 32.0 Å². The Hall–Kier alpha value is -2.57. The summed E-state index contributed by atoms with van der Waals surface area (Å²) in [7, 11) is 0. The summed E-state index contributed by atoms with van der Waals surface area (Å²) in [6, 6.07) is 6.27. The molecule has 1 amide bonds. The van der Waals surface area contributed by atoms with Crippen LogP contribution in [0.5, 0.6) is 11.5 Å². The zero-order valence-electron chi connectivity index (χ0n) is 15.9. The van der Waals surface area contributed by atoms with Crippen LogP contribution < -0.4 is 9.47 Å². The van der Waals surface area contributed by atoms with E-state index in [-0.39, 0.29) is 24.0 Å². The highest BCUT2D eigenvalue weighted by atomic mass is 16.5. The molecule has 2 aliphatic rings. The number of amides is 1. The topological polar surface area (TPSA) is 69.5 Å². The van der Waals surface area contributed by atoms with Crippen molar-refractivity contribution in [2.75, 3.05) is 13.2 Å². The molecule has 2 saturated heterocycles. The molecule has 0 aliphatic carbocycles. The van der Waals surface area contributed by atoms with Crippen molar-refractivity contribution in [1.82, 2.24) is 19.9 Å². The van der Waals surface area contributed by atoms with E-state index in [1.165, 1.54) is 0 Å². The summed E-state index contributed by atoms with van der Waals surface area (Å²) in [5.41, 5.74) is 0.662. The van der Waals surface area contributed by atoms with Crippen LogP contribution in [-0.2, 0) is 0 Å². The molecular weight excluding hydrogens is 344 g/mol. The van der Waals surface area contributed by atoms with Crippen LogP contribution in [0, 0.1) is 0 Å². The lowest BCUT2D eigenvalue weighted by Gasteiger charge is -2.38. The normalized spacial score (nSPS) is 24.1. The second-order valence-electron chi connectivity index (χ2n) is 7.10. The Labute approximate surface area is 159 Å². The lowest BCUT2D eigenvalue weighted by atomic mass is 9.96. The number of nitrogens with zero attached hydrogens (tertiary/aromatic N) is 4. The fourth-order valence-corrected chi connectivity index (χ4v) is 4.42. The second kappa shape index (κ2) is 7.58. The Morgan fingerprint density at radius 2 is 1.63 bits per heavy atom. The average Bonchev–Trinajstić information content (AvgIpc) is 3.29. The first kappa shape index (κ1) is 17.8. The van der Waals surface area contributed by atoms with Gasteiger partial charge < -0.3 is 14.4 Å². The van der Waals surface area contributed by atoms with Crippen LogP contribution in [0.4, 0.5) is 0 Å². The number of hydrogen-bond donors (Lipinski definition) is 0. The molecule has 1 aromatic carbocycles. The van der Waals surface area contributed by atoms with E-state index < -0.39 is 0 Å². The zero-order valence-corrected chi connectivity index (χ0v) is 15.9. The maximum atomic E-state index is 13.3. The standard InChI is InChI=1S/C20H26N4O3/c1-3-26-18-8-5-14(11-19(18)27-4-2)20(25)23-15-6-7-16(23)13-17(12-15)24-21-9-10-22-24/h5,8-11,15-17H,3-4,6-7,12-13H2,1-2H3. The molecule has 1 aromatic heterocycles. The van der Waals surface area contributed by atoms with Crippen molar-refractivity contribution in [3.63, 3.8) is 0 Å². The first-order valence-electron chi connectivity index (χ1n) is 9.79. The van der Waals surface area contributed by atoms with Gasteiger partial charge in [0.15, 0.2) is 11.5 Å². The Morgan fingerprint density at radius 1 is 1.00 bits per heavy atom. The first-order chi connectivity index (χ1) is 13.2. The average molecular weight is 370 g/mol. The molecule has 7 heteroatoms. The Morgan fingerprint density at radius 3 is 2.26 bits per heavy atom. The number of ether oxygens (including phenoxy) is 2. The van der Waals surface area contributed by atoms with Gasteiger partial charge in [0, 0.05) is 17.6 Å². The number of carbonyl (C=O) groups is 1. The Bertz CT molecular complexity index is 779. The molecule has 2 bridgehead atoms. The van der Waals surface area contributed by atoms with Gasteiger partial charge in [-0.05, 0) is 57.7 Å². The molecular formula is C20H26N4O3. The number of rotatable bonds is 6. The van der Waals surface area contributed by atoms with Gasteiger partial charge in [-0.15, -0.1) is 0 Å². The monoisotopic (exact) mass is 370 g/mol. The largest absolute Gasteiger partial charge is 0.490 e. The predicted octanol–water partition coefficient (Wildman–Crippen LogP) is 3.08. The molecule has 144 valence electrons. The molecule has 0 radical (unpaired) electrons. The van der Waals surface area contributed by atoms with E-state index in [1.54, 1.807) is 17.2 Å². The lowest BCUT2D eigenvalue weighted by molar-refractivity contribution is 0.0511. The zero-order chi connectivity index (χ0) is 18.8. The number of fused-ring (bicyclic) bond motifs is 2. The summed E-state index contributed by atoms with van der Waals surface area (Å²) in [5, 5.41) is 8.59. The predicted molar refractivity (Wildman–Crippen MR) is 100 cm³/mol. The maximum absolute atomic E-state index is 13.3. The van der Waals surface area contributed by atoms with Gasteiger partial charge in [-0.2, -0.15) is 15.0 Å². The molecule has 2 aliphatic heterocycles. The molecule has 2 unspecified atom stereocenters. The Kier molecular flexibility index (Phi) is 5.01. The third kappa shape index (κ3) is 3.38. The van der Waals surface area contributed by atoms with E-state index in [2.05, 4.69) is 15.1 Å². The summed E-state index contributed by atoms with van der Waals surface area (Å²) in [4.78, 5) is 17.1. The molecule has 4 rings (SSSR count). The van der Waals surface area contributed by atoms with Gasteiger partial charge in [0.2, 0.25) is 0 Å². The van der Waals surface area contributed by atoms with Crippen molar-refractivity contribution < 1.29 is 14.3 Å². The Balaban J connectivity index is 1.54. The van der Waals surface area contributed by atoms with Crippen molar-refractivity contribution in [2.24, 2.45) is 0 Å². The van der Waals surface area contributed by atoms with Gasteiger partial charge in [-0.1, -0.05) is 0 Å². The van der Waals surface area contributed by atoms with Crippen molar-refractivity contribution in [2.45, 2.75) is 57.7 Å². The van der Waals surface area contributed by atoms with Crippen molar-refractivity contribution in [3.05, 3.63) is 36.2 Å². The maximum Gasteiger partial charge on any atom is 0.254 e. The fraction of sp³-hybridized carbons (Fsp3) is 0.550. The van der Waals surface area contributed by atoms with Crippen LogP contribution in [-0.4, -0.2) is 51.1 Å². The van der Waals surface area contributed by atoms with Crippen LogP contribution in [0.2, 0.25) is 0 Å². The summed E-state index contributed by atoms with van der Waals surface area (Å²) in [5.74, 6) is 1.40. The van der Waals surface area contributed by atoms with Crippen molar-refractivity contribution in [3.8, 4) is 11.5 Å². The molecule has 2 fully saturated rings. The van der Waals surface area contributed by atoms with Gasteiger partial charge in [0.1, 0.15) is 0 Å². The molecule has 7 nitrogen and oxygen atoms in total. The lowest BCUT2D eigenvalue weighted by Crippen LogP contribution is -2.47. The molecule has 27 heavy (non-hydrogen) atoms. The third-order valence-corrected chi connectivity index (χ3v) is 5.50.